The minimum absolute atomic E-state index is 0.313. The third kappa shape index (κ3) is 4.91. The SMILES string of the molecule is C=C(CC(=O)OC(CC)c1ccc(C(F)(F)F)cc1)C(=O)O. The molecule has 0 aliphatic rings. The van der Waals surface area contributed by atoms with Crippen LogP contribution in [0.15, 0.2) is 36.4 Å². The van der Waals surface area contributed by atoms with Gasteiger partial charge in [0.15, 0.2) is 0 Å². The molecule has 0 saturated carbocycles. The Morgan fingerprint density at radius 2 is 1.82 bits per heavy atom. The van der Waals surface area contributed by atoms with Gasteiger partial charge in [0.25, 0.3) is 0 Å². The highest BCUT2D eigenvalue weighted by molar-refractivity contribution is 5.91. The molecule has 1 unspecified atom stereocenters. The summed E-state index contributed by atoms with van der Waals surface area (Å²) in [6.07, 6.45) is -5.31. The first-order chi connectivity index (χ1) is 10.1. The number of esters is 1. The van der Waals surface area contributed by atoms with Crippen molar-refractivity contribution in [3.63, 3.8) is 0 Å². The van der Waals surface area contributed by atoms with Crippen LogP contribution in [-0.4, -0.2) is 17.0 Å². The van der Waals surface area contributed by atoms with Crippen LogP contribution < -0.4 is 0 Å². The van der Waals surface area contributed by atoms with Crippen molar-refractivity contribution in [2.45, 2.75) is 32.0 Å². The molecule has 1 atom stereocenters. The zero-order valence-corrected chi connectivity index (χ0v) is 11.8. The van der Waals surface area contributed by atoms with Gasteiger partial charge in [-0.05, 0) is 24.1 Å². The van der Waals surface area contributed by atoms with Gasteiger partial charge in [-0.1, -0.05) is 25.6 Å². The number of halogens is 3. The van der Waals surface area contributed by atoms with Gasteiger partial charge in [0, 0.05) is 5.57 Å². The normalized spacial score (nSPS) is 12.5. The smallest absolute Gasteiger partial charge is 0.416 e. The lowest BCUT2D eigenvalue weighted by molar-refractivity contribution is -0.150. The molecule has 1 aromatic carbocycles. The van der Waals surface area contributed by atoms with Gasteiger partial charge in [-0.2, -0.15) is 13.2 Å². The summed E-state index contributed by atoms with van der Waals surface area (Å²) in [6, 6.07) is 4.27. The van der Waals surface area contributed by atoms with Gasteiger partial charge >= 0.3 is 18.1 Å². The average molecular weight is 316 g/mol. The van der Waals surface area contributed by atoms with Gasteiger partial charge in [0.1, 0.15) is 6.10 Å². The number of hydrogen-bond acceptors (Lipinski definition) is 3. The molecular formula is C15H15F3O4. The lowest BCUT2D eigenvalue weighted by atomic mass is 10.0. The Balaban J connectivity index is 2.78. The number of aliphatic carboxylic acids is 1. The van der Waals surface area contributed by atoms with E-state index in [4.69, 9.17) is 9.84 Å². The number of ether oxygens (including phenoxy) is 1. The van der Waals surface area contributed by atoms with Crippen molar-refractivity contribution in [3.05, 3.63) is 47.5 Å². The van der Waals surface area contributed by atoms with Gasteiger partial charge in [-0.15, -0.1) is 0 Å². The first kappa shape index (κ1) is 17.7. The molecule has 7 heteroatoms. The van der Waals surface area contributed by atoms with E-state index in [1.54, 1.807) is 6.92 Å². The molecule has 0 aliphatic heterocycles. The second kappa shape index (κ2) is 7.11. The van der Waals surface area contributed by atoms with E-state index >= 15 is 0 Å². The van der Waals surface area contributed by atoms with Crippen molar-refractivity contribution in [1.29, 1.82) is 0 Å². The minimum atomic E-state index is -4.43. The average Bonchev–Trinajstić information content (AvgIpc) is 2.43. The predicted molar refractivity (Wildman–Crippen MR) is 72.0 cm³/mol. The van der Waals surface area contributed by atoms with Crippen LogP contribution in [0.1, 0.15) is 37.0 Å². The highest BCUT2D eigenvalue weighted by atomic mass is 19.4. The van der Waals surface area contributed by atoms with Crippen LogP contribution in [0, 0.1) is 0 Å². The summed E-state index contributed by atoms with van der Waals surface area (Å²) in [4.78, 5) is 22.2. The zero-order chi connectivity index (χ0) is 16.9. The third-order valence-corrected chi connectivity index (χ3v) is 2.91. The van der Waals surface area contributed by atoms with E-state index < -0.39 is 36.2 Å². The van der Waals surface area contributed by atoms with Crippen molar-refractivity contribution in [2.24, 2.45) is 0 Å². The second-order valence-corrected chi connectivity index (χ2v) is 4.59. The lowest BCUT2D eigenvalue weighted by Gasteiger charge is -2.17. The molecule has 0 fully saturated rings. The first-order valence-electron chi connectivity index (χ1n) is 6.42. The van der Waals surface area contributed by atoms with Crippen molar-refractivity contribution < 1.29 is 32.6 Å². The summed E-state index contributed by atoms with van der Waals surface area (Å²) < 4.78 is 42.5. The third-order valence-electron chi connectivity index (χ3n) is 2.91. The Kier molecular flexibility index (Phi) is 5.73. The van der Waals surface area contributed by atoms with Crippen LogP contribution in [0.4, 0.5) is 13.2 Å². The highest BCUT2D eigenvalue weighted by Crippen LogP contribution is 2.31. The summed E-state index contributed by atoms with van der Waals surface area (Å²) in [5.41, 5.74) is -0.700. The fraction of sp³-hybridized carbons (Fsp3) is 0.333. The largest absolute Gasteiger partial charge is 0.478 e. The van der Waals surface area contributed by atoms with Crippen LogP contribution >= 0.6 is 0 Å². The zero-order valence-electron chi connectivity index (χ0n) is 11.8. The molecule has 0 bridgehead atoms. The molecule has 1 aromatic rings. The van der Waals surface area contributed by atoms with E-state index in [-0.39, 0.29) is 5.57 Å². The van der Waals surface area contributed by atoms with E-state index in [2.05, 4.69) is 6.58 Å². The van der Waals surface area contributed by atoms with Crippen LogP contribution in [-0.2, 0) is 20.5 Å². The molecule has 0 amide bonds. The maximum absolute atomic E-state index is 12.5. The summed E-state index contributed by atoms with van der Waals surface area (Å²) in [6.45, 7) is 4.91. The van der Waals surface area contributed by atoms with E-state index in [0.717, 1.165) is 12.1 Å². The monoisotopic (exact) mass is 316 g/mol. The highest BCUT2D eigenvalue weighted by Gasteiger charge is 2.30. The standard InChI is InChI=1S/C15H15F3O4/c1-3-12(22-13(19)8-9(2)14(20)21)10-4-6-11(7-5-10)15(16,17)18/h4-7,12H,2-3,8H2,1H3,(H,20,21). The van der Waals surface area contributed by atoms with Crippen molar-refractivity contribution in [2.75, 3.05) is 0 Å². The van der Waals surface area contributed by atoms with Crippen molar-refractivity contribution in [1.82, 2.24) is 0 Å². The molecule has 0 saturated heterocycles. The number of benzene rings is 1. The first-order valence-corrected chi connectivity index (χ1v) is 6.42. The van der Waals surface area contributed by atoms with Crippen LogP contribution in [0.5, 0.6) is 0 Å². The molecule has 4 nitrogen and oxygen atoms in total. The van der Waals surface area contributed by atoms with Crippen LogP contribution in [0.2, 0.25) is 0 Å². The Morgan fingerprint density at radius 1 is 1.27 bits per heavy atom. The quantitative estimate of drug-likeness (QED) is 0.641. The van der Waals surface area contributed by atoms with Gasteiger partial charge in [0.05, 0.1) is 12.0 Å². The number of alkyl halides is 3. The maximum atomic E-state index is 12.5. The molecule has 120 valence electrons. The Hall–Kier alpha value is -2.31. The number of carbonyl (C=O) groups is 2. The van der Waals surface area contributed by atoms with Gasteiger partial charge in [0.2, 0.25) is 0 Å². The molecular weight excluding hydrogens is 301 g/mol. The van der Waals surface area contributed by atoms with E-state index in [9.17, 15) is 22.8 Å². The topological polar surface area (TPSA) is 63.6 Å². The molecule has 1 rings (SSSR count). The summed E-state index contributed by atoms with van der Waals surface area (Å²) >= 11 is 0. The van der Waals surface area contributed by atoms with Gasteiger partial charge < -0.3 is 9.84 Å². The van der Waals surface area contributed by atoms with Crippen LogP contribution in [0.3, 0.4) is 0 Å². The predicted octanol–water partition coefficient (Wildman–Crippen LogP) is 3.73. The summed E-state index contributed by atoms with van der Waals surface area (Å²) in [5, 5.41) is 8.63. The Bertz CT molecular complexity index is 561. The number of hydrogen-bond donors (Lipinski definition) is 1. The molecule has 0 aromatic heterocycles. The van der Waals surface area contributed by atoms with E-state index in [0.29, 0.717) is 12.0 Å². The number of rotatable bonds is 6. The summed E-state index contributed by atoms with van der Waals surface area (Å²) in [5.74, 6) is -2.10. The molecule has 22 heavy (non-hydrogen) atoms. The van der Waals surface area contributed by atoms with Gasteiger partial charge in [-0.3, -0.25) is 4.79 Å². The number of carbonyl (C=O) groups excluding carboxylic acids is 1. The summed E-state index contributed by atoms with van der Waals surface area (Å²) in [7, 11) is 0. The fourth-order valence-electron chi connectivity index (χ4n) is 1.72. The van der Waals surface area contributed by atoms with Gasteiger partial charge in [-0.25, -0.2) is 4.79 Å². The van der Waals surface area contributed by atoms with Crippen molar-refractivity contribution in [3.8, 4) is 0 Å². The number of carboxylic acid groups (broad SMARTS) is 1. The fourth-order valence-corrected chi connectivity index (χ4v) is 1.72. The van der Waals surface area contributed by atoms with Crippen LogP contribution in [0.25, 0.3) is 0 Å². The minimum Gasteiger partial charge on any atom is -0.478 e. The molecule has 0 aliphatic carbocycles. The molecule has 1 N–H and O–H groups in total. The van der Waals surface area contributed by atoms with E-state index in [1.807, 2.05) is 0 Å². The molecule has 0 spiro atoms. The van der Waals surface area contributed by atoms with E-state index in [1.165, 1.54) is 12.1 Å². The second-order valence-electron chi connectivity index (χ2n) is 4.59. The molecule has 0 radical (unpaired) electrons. The molecule has 0 heterocycles. The Morgan fingerprint density at radius 3 is 2.23 bits per heavy atom. The lowest BCUT2D eigenvalue weighted by Crippen LogP contribution is -2.14. The number of carboxylic acids is 1. The maximum Gasteiger partial charge on any atom is 0.416 e. The Labute approximate surface area is 125 Å². The van der Waals surface area contributed by atoms with Crippen molar-refractivity contribution >= 4 is 11.9 Å².